The second-order valence-corrected chi connectivity index (χ2v) is 5.19. The zero-order chi connectivity index (χ0) is 13.7. The maximum Gasteiger partial charge on any atom is 0.123 e. The second kappa shape index (κ2) is 6.78. The van der Waals surface area contributed by atoms with Gasteiger partial charge in [-0.15, -0.1) is 0 Å². The van der Waals surface area contributed by atoms with Crippen LogP contribution >= 0.6 is 0 Å². The van der Waals surface area contributed by atoms with Gasteiger partial charge in [0, 0.05) is 31.8 Å². The van der Waals surface area contributed by atoms with Crippen LogP contribution in [0.1, 0.15) is 18.4 Å². The molecule has 19 heavy (non-hydrogen) atoms. The lowest BCUT2D eigenvalue weighted by atomic mass is 9.98. The van der Waals surface area contributed by atoms with Crippen molar-refractivity contribution in [2.24, 2.45) is 5.92 Å². The Morgan fingerprint density at radius 3 is 2.89 bits per heavy atom. The van der Waals surface area contributed by atoms with E-state index in [0.717, 1.165) is 31.8 Å². The van der Waals surface area contributed by atoms with E-state index in [1.54, 1.807) is 20.3 Å². The van der Waals surface area contributed by atoms with Crippen LogP contribution in [0.15, 0.2) is 18.2 Å². The number of phenolic OH excluding ortho intramolecular Hbond substituents is 1. The highest BCUT2D eigenvalue weighted by Crippen LogP contribution is 2.26. The summed E-state index contributed by atoms with van der Waals surface area (Å²) in [6.07, 6.45) is 2.43. The highest BCUT2D eigenvalue weighted by molar-refractivity contribution is 5.39. The Morgan fingerprint density at radius 1 is 1.37 bits per heavy atom. The molecule has 1 aliphatic heterocycles. The van der Waals surface area contributed by atoms with E-state index in [-0.39, 0.29) is 0 Å². The number of aromatic hydroxyl groups is 1. The highest BCUT2D eigenvalue weighted by atomic mass is 16.5. The molecule has 0 saturated carbocycles. The predicted octanol–water partition coefficient (Wildman–Crippen LogP) is 2.26. The minimum absolute atomic E-state index is 0.313. The minimum atomic E-state index is 0.313. The number of ether oxygens (including phenoxy) is 2. The largest absolute Gasteiger partial charge is 0.507 e. The minimum Gasteiger partial charge on any atom is -0.507 e. The van der Waals surface area contributed by atoms with E-state index in [0.29, 0.717) is 17.4 Å². The summed E-state index contributed by atoms with van der Waals surface area (Å²) in [5.41, 5.74) is 0.957. The molecule has 106 valence electrons. The third-order valence-corrected chi connectivity index (χ3v) is 3.69. The van der Waals surface area contributed by atoms with Gasteiger partial charge < -0.3 is 14.6 Å². The first-order valence-corrected chi connectivity index (χ1v) is 6.80. The third-order valence-electron chi connectivity index (χ3n) is 3.69. The molecule has 4 heteroatoms. The van der Waals surface area contributed by atoms with Gasteiger partial charge in [0.05, 0.1) is 13.7 Å². The molecule has 0 aliphatic carbocycles. The molecule has 1 N–H and O–H groups in total. The summed E-state index contributed by atoms with van der Waals surface area (Å²) in [7, 11) is 3.36. The van der Waals surface area contributed by atoms with Crippen molar-refractivity contribution in [2.75, 3.05) is 33.9 Å². The second-order valence-electron chi connectivity index (χ2n) is 5.19. The van der Waals surface area contributed by atoms with E-state index >= 15 is 0 Å². The van der Waals surface area contributed by atoms with Crippen molar-refractivity contribution in [3.63, 3.8) is 0 Å². The smallest absolute Gasteiger partial charge is 0.123 e. The van der Waals surface area contributed by atoms with Crippen LogP contribution in [0, 0.1) is 5.92 Å². The first-order valence-electron chi connectivity index (χ1n) is 6.80. The first-order chi connectivity index (χ1) is 9.22. The number of hydrogen-bond acceptors (Lipinski definition) is 4. The summed E-state index contributed by atoms with van der Waals surface area (Å²) in [6.45, 7) is 3.74. The number of hydrogen-bond donors (Lipinski definition) is 1. The van der Waals surface area contributed by atoms with Crippen LogP contribution in [0.4, 0.5) is 0 Å². The molecule has 1 unspecified atom stereocenters. The summed E-state index contributed by atoms with van der Waals surface area (Å²) in [6, 6.07) is 5.51. The summed E-state index contributed by atoms with van der Waals surface area (Å²) >= 11 is 0. The molecule has 1 heterocycles. The Labute approximate surface area is 114 Å². The Balaban J connectivity index is 1.96. The molecule has 1 fully saturated rings. The number of nitrogens with zero attached hydrogens (tertiary/aromatic N) is 1. The van der Waals surface area contributed by atoms with E-state index in [1.165, 1.54) is 12.8 Å². The van der Waals surface area contributed by atoms with Crippen LogP contribution in [-0.2, 0) is 11.3 Å². The summed E-state index contributed by atoms with van der Waals surface area (Å²) in [5, 5.41) is 9.99. The lowest BCUT2D eigenvalue weighted by Gasteiger charge is -2.32. The molecule has 1 aromatic rings. The SMILES string of the molecule is COCC1CCCN(Cc2ccc(OC)cc2O)C1. The van der Waals surface area contributed by atoms with Gasteiger partial charge in [-0.05, 0) is 31.4 Å². The van der Waals surface area contributed by atoms with E-state index in [4.69, 9.17) is 9.47 Å². The van der Waals surface area contributed by atoms with Gasteiger partial charge in [0.15, 0.2) is 0 Å². The zero-order valence-corrected chi connectivity index (χ0v) is 11.8. The molecule has 1 aliphatic rings. The van der Waals surface area contributed by atoms with Gasteiger partial charge in [-0.2, -0.15) is 0 Å². The van der Waals surface area contributed by atoms with Gasteiger partial charge in [-0.25, -0.2) is 0 Å². The van der Waals surface area contributed by atoms with Crippen molar-refractivity contribution < 1.29 is 14.6 Å². The third kappa shape index (κ3) is 3.85. The normalized spacial score (nSPS) is 20.4. The summed E-state index contributed by atoms with van der Waals surface area (Å²) in [4.78, 5) is 2.38. The van der Waals surface area contributed by atoms with E-state index in [9.17, 15) is 5.11 Å². The lowest BCUT2D eigenvalue weighted by molar-refractivity contribution is 0.0870. The number of rotatable bonds is 5. The van der Waals surface area contributed by atoms with Gasteiger partial charge in [-0.1, -0.05) is 6.07 Å². The molecule has 0 spiro atoms. The van der Waals surface area contributed by atoms with Crippen LogP contribution in [0.25, 0.3) is 0 Å². The van der Waals surface area contributed by atoms with Crippen molar-refractivity contribution in [3.8, 4) is 11.5 Å². The van der Waals surface area contributed by atoms with Crippen molar-refractivity contribution in [2.45, 2.75) is 19.4 Å². The fraction of sp³-hybridized carbons (Fsp3) is 0.600. The monoisotopic (exact) mass is 265 g/mol. The van der Waals surface area contributed by atoms with E-state index in [2.05, 4.69) is 4.90 Å². The number of likely N-dealkylation sites (tertiary alicyclic amines) is 1. The van der Waals surface area contributed by atoms with E-state index in [1.807, 2.05) is 12.1 Å². The standard InChI is InChI=1S/C15H23NO3/c1-18-11-12-4-3-7-16(9-12)10-13-5-6-14(19-2)8-15(13)17/h5-6,8,12,17H,3-4,7,9-11H2,1-2H3. The van der Waals surface area contributed by atoms with E-state index < -0.39 is 0 Å². The zero-order valence-electron chi connectivity index (χ0n) is 11.8. The maximum atomic E-state index is 9.99. The molecule has 0 bridgehead atoms. The van der Waals surface area contributed by atoms with Gasteiger partial charge in [0.2, 0.25) is 0 Å². The molecule has 0 aromatic heterocycles. The number of methoxy groups -OCH3 is 2. The quantitative estimate of drug-likeness (QED) is 0.886. The molecule has 0 amide bonds. The Bertz CT molecular complexity index is 406. The van der Waals surface area contributed by atoms with Crippen LogP contribution < -0.4 is 4.74 Å². The average Bonchev–Trinajstić information content (AvgIpc) is 2.42. The molecular weight excluding hydrogens is 242 g/mol. The van der Waals surface area contributed by atoms with Crippen molar-refractivity contribution in [1.29, 1.82) is 0 Å². The Hall–Kier alpha value is -1.26. The van der Waals surface area contributed by atoms with Crippen molar-refractivity contribution in [1.82, 2.24) is 4.90 Å². The molecule has 1 aromatic carbocycles. The van der Waals surface area contributed by atoms with Crippen LogP contribution in [0.2, 0.25) is 0 Å². The topological polar surface area (TPSA) is 41.9 Å². The molecule has 4 nitrogen and oxygen atoms in total. The molecule has 1 atom stereocenters. The average molecular weight is 265 g/mol. The van der Waals surface area contributed by atoms with Crippen LogP contribution in [0.5, 0.6) is 11.5 Å². The molecular formula is C15H23NO3. The fourth-order valence-electron chi connectivity index (χ4n) is 2.71. The van der Waals surface area contributed by atoms with Crippen LogP contribution in [-0.4, -0.2) is 43.9 Å². The van der Waals surface area contributed by atoms with Gasteiger partial charge >= 0.3 is 0 Å². The summed E-state index contributed by atoms with van der Waals surface area (Å²) < 4.78 is 10.3. The predicted molar refractivity (Wildman–Crippen MR) is 74.5 cm³/mol. The number of phenols is 1. The number of piperidine rings is 1. The lowest BCUT2D eigenvalue weighted by Crippen LogP contribution is -2.36. The van der Waals surface area contributed by atoms with Gasteiger partial charge in [-0.3, -0.25) is 4.90 Å². The number of benzene rings is 1. The Morgan fingerprint density at radius 2 is 2.21 bits per heavy atom. The molecule has 0 radical (unpaired) electrons. The molecule has 2 rings (SSSR count). The Kier molecular flexibility index (Phi) is 5.05. The molecule has 1 saturated heterocycles. The van der Waals surface area contributed by atoms with Crippen LogP contribution in [0.3, 0.4) is 0 Å². The first kappa shape index (κ1) is 14.2. The maximum absolute atomic E-state index is 9.99. The van der Waals surface area contributed by atoms with Crippen molar-refractivity contribution >= 4 is 0 Å². The van der Waals surface area contributed by atoms with Gasteiger partial charge in [0.25, 0.3) is 0 Å². The van der Waals surface area contributed by atoms with Gasteiger partial charge in [0.1, 0.15) is 11.5 Å². The van der Waals surface area contributed by atoms with Crippen molar-refractivity contribution in [3.05, 3.63) is 23.8 Å². The summed E-state index contributed by atoms with van der Waals surface area (Å²) in [5.74, 6) is 1.62. The fourth-order valence-corrected chi connectivity index (χ4v) is 2.71. The highest BCUT2D eigenvalue weighted by Gasteiger charge is 2.20.